The van der Waals surface area contributed by atoms with Gasteiger partial charge in [0.2, 0.25) is 0 Å². The number of aryl methyl sites for hydroxylation is 1. The lowest BCUT2D eigenvalue weighted by atomic mass is 9.74. The van der Waals surface area contributed by atoms with Gasteiger partial charge in [0.05, 0.1) is 18.7 Å². The molecular formula is C21H33F2N3O2. The lowest BCUT2D eigenvalue weighted by molar-refractivity contribution is -0.136. The van der Waals surface area contributed by atoms with Crippen LogP contribution in [-0.2, 0) is 11.9 Å². The number of halogens is 2. The molecular weight excluding hydrogens is 364 g/mol. The van der Waals surface area contributed by atoms with Gasteiger partial charge in [-0.2, -0.15) is 5.10 Å². The Morgan fingerprint density at radius 2 is 2.04 bits per heavy atom. The molecule has 1 heterocycles. The Morgan fingerprint density at radius 3 is 2.61 bits per heavy atom. The molecule has 4 atom stereocenters. The summed E-state index contributed by atoms with van der Waals surface area (Å²) in [4.78, 5) is 18.4. The van der Waals surface area contributed by atoms with Crippen LogP contribution in [0.3, 0.4) is 0 Å². The summed E-state index contributed by atoms with van der Waals surface area (Å²) in [6.07, 6.45) is 5.89. The Labute approximate surface area is 166 Å². The maximum atomic E-state index is 13.3. The van der Waals surface area contributed by atoms with Crippen LogP contribution in [0.2, 0.25) is 0 Å². The Morgan fingerprint density at radius 1 is 1.36 bits per heavy atom. The largest absolute Gasteiger partial charge is 0.282 e. The molecule has 0 aliphatic heterocycles. The second-order valence-corrected chi connectivity index (χ2v) is 8.25. The molecule has 0 N–H and O–H groups in total. The summed E-state index contributed by atoms with van der Waals surface area (Å²) in [5, 5.41) is 5.00. The van der Waals surface area contributed by atoms with Crippen molar-refractivity contribution in [3.63, 3.8) is 0 Å². The van der Waals surface area contributed by atoms with Gasteiger partial charge in [-0.25, -0.2) is 13.8 Å². The quantitative estimate of drug-likeness (QED) is 0.457. The number of hydrogen-bond acceptors (Lipinski definition) is 3. The van der Waals surface area contributed by atoms with Crippen molar-refractivity contribution in [1.82, 2.24) is 14.8 Å². The van der Waals surface area contributed by atoms with E-state index in [1.807, 2.05) is 6.92 Å². The Balaban J connectivity index is 2.25. The fourth-order valence-corrected chi connectivity index (χ4v) is 4.03. The Kier molecular flexibility index (Phi) is 7.75. The zero-order valence-electron chi connectivity index (χ0n) is 17.7. The molecule has 158 valence electrons. The third-order valence-corrected chi connectivity index (χ3v) is 6.06. The molecule has 1 amide bonds. The Hall–Kier alpha value is -1.76. The average Bonchev–Trinajstić information content (AvgIpc) is 3.04. The first-order chi connectivity index (χ1) is 13.2. The van der Waals surface area contributed by atoms with Crippen molar-refractivity contribution in [3.8, 4) is 0 Å². The maximum absolute atomic E-state index is 13.3. The molecule has 0 bridgehead atoms. The van der Waals surface area contributed by atoms with E-state index in [1.54, 1.807) is 0 Å². The van der Waals surface area contributed by atoms with Crippen LogP contribution in [0.5, 0.6) is 0 Å². The van der Waals surface area contributed by atoms with E-state index in [4.69, 9.17) is 4.84 Å². The lowest BCUT2D eigenvalue weighted by Crippen LogP contribution is -2.45. The summed E-state index contributed by atoms with van der Waals surface area (Å²) in [5.74, 6) is 1.11. The highest BCUT2D eigenvalue weighted by atomic mass is 19.3. The van der Waals surface area contributed by atoms with E-state index < -0.39 is 18.0 Å². The van der Waals surface area contributed by atoms with Gasteiger partial charge >= 0.3 is 0 Å². The van der Waals surface area contributed by atoms with Crippen molar-refractivity contribution in [1.29, 1.82) is 0 Å². The van der Waals surface area contributed by atoms with Gasteiger partial charge in [-0.1, -0.05) is 32.9 Å². The molecule has 0 aromatic carbocycles. The van der Waals surface area contributed by atoms with Crippen LogP contribution in [0, 0.1) is 23.7 Å². The standard InChI is InChI=1S/C21H33F2N3O2/c1-13(2)14(3)11-16-9-7-8-10-17(16)15(4)26(28-6)21(27)18-12-25(5)24-19(18)20(22)23/h7,9,12-17,20H,8,10-11H2,1-6H3. The molecule has 2 rings (SSSR count). The van der Waals surface area contributed by atoms with Crippen LogP contribution in [0.4, 0.5) is 8.78 Å². The summed E-state index contributed by atoms with van der Waals surface area (Å²) >= 11 is 0. The van der Waals surface area contributed by atoms with Crippen molar-refractivity contribution < 1.29 is 18.4 Å². The van der Waals surface area contributed by atoms with Crippen LogP contribution < -0.4 is 0 Å². The third kappa shape index (κ3) is 4.99. The normalized spacial score (nSPS) is 21.9. The van der Waals surface area contributed by atoms with Gasteiger partial charge in [-0.05, 0) is 49.9 Å². The van der Waals surface area contributed by atoms with Gasteiger partial charge in [0.1, 0.15) is 5.69 Å². The first kappa shape index (κ1) is 22.5. The molecule has 1 aliphatic rings. The average molecular weight is 398 g/mol. The van der Waals surface area contributed by atoms with E-state index in [-0.39, 0.29) is 17.5 Å². The molecule has 4 unspecified atom stereocenters. The number of amides is 1. The van der Waals surface area contributed by atoms with E-state index in [2.05, 4.69) is 38.0 Å². The van der Waals surface area contributed by atoms with E-state index >= 15 is 0 Å². The smallest absolute Gasteiger partial charge is 0.275 e. The molecule has 0 radical (unpaired) electrons. The summed E-state index contributed by atoms with van der Waals surface area (Å²) in [6.45, 7) is 8.62. The van der Waals surface area contributed by atoms with Crippen molar-refractivity contribution in [2.24, 2.45) is 30.7 Å². The molecule has 1 aromatic heterocycles. The van der Waals surface area contributed by atoms with E-state index in [0.717, 1.165) is 19.3 Å². The van der Waals surface area contributed by atoms with E-state index in [0.29, 0.717) is 17.8 Å². The topological polar surface area (TPSA) is 47.4 Å². The Bertz CT molecular complexity index is 687. The van der Waals surface area contributed by atoms with Crippen molar-refractivity contribution >= 4 is 5.91 Å². The molecule has 5 nitrogen and oxygen atoms in total. The minimum atomic E-state index is -2.81. The first-order valence-electron chi connectivity index (χ1n) is 10.0. The van der Waals surface area contributed by atoms with Crippen LogP contribution in [0.15, 0.2) is 18.3 Å². The molecule has 1 aliphatic carbocycles. The van der Waals surface area contributed by atoms with Crippen LogP contribution in [0.1, 0.15) is 69.4 Å². The van der Waals surface area contributed by atoms with Crippen LogP contribution in [-0.4, -0.2) is 33.9 Å². The second kappa shape index (κ2) is 9.63. The molecule has 0 spiro atoms. The SMILES string of the molecule is CON(C(=O)c1cn(C)nc1C(F)F)C(C)C1CCC=CC1CC(C)C(C)C. The fourth-order valence-electron chi connectivity index (χ4n) is 4.03. The number of allylic oxidation sites excluding steroid dienone is 2. The van der Waals surface area contributed by atoms with Crippen molar-refractivity contribution in [2.45, 2.75) is 59.4 Å². The minimum Gasteiger partial charge on any atom is -0.275 e. The van der Waals surface area contributed by atoms with Gasteiger partial charge in [0.15, 0.2) is 0 Å². The van der Waals surface area contributed by atoms with Gasteiger partial charge in [0.25, 0.3) is 12.3 Å². The molecule has 0 fully saturated rings. The predicted octanol–water partition coefficient (Wildman–Crippen LogP) is 5.01. The lowest BCUT2D eigenvalue weighted by Gasteiger charge is -2.39. The number of hydroxylamine groups is 2. The number of hydrogen-bond donors (Lipinski definition) is 0. The summed E-state index contributed by atoms with van der Waals surface area (Å²) in [6, 6.07) is -0.238. The summed E-state index contributed by atoms with van der Waals surface area (Å²) in [7, 11) is 2.94. The number of rotatable bonds is 8. The first-order valence-corrected chi connectivity index (χ1v) is 10.0. The van der Waals surface area contributed by atoms with Crippen molar-refractivity contribution in [2.75, 3.05) is 7.11 Å². The van der Waals surface area contributed by atoms with E-state index in [1.165, 1.54) is 30.1 Å². The highest BCUT2D eigenvalue weighted by Crippen LogP contribution is 2.36. The fraction of sp³-hybridized carbons (Fsp3) is 0.714. The second-order valence-electron chi connectivity index (χ2n) is 8.25. The van der Waals surface area contributed by atoms with Crippen LogP contribution in [0.25, 0.3) is 0 Å². The zero-order valence-corrected chi connectivity index (χ0v) is 17.7. The number of alkyl halides is 2. The van der Waals surface area contributed by atoms with Gasteiger partial charge < -0.3 is 0 Å². The van der Waals surface area contributed by atoms with Crippen molar-refractivity contribution in [3.05, 3.63) is 29.6 Å². The summed E-state index contributed by atoms with van der Waals surface area (Å²) in [5.41, 5.74) is -0.611. The predicted molar refractivity (Wildman–Crippen MR) is 105 cm³/mol. The maximum Gasteiger partial charge on any atom is 0.282 e. The number of carbonyl (C=O) groups excluding carboxylic acids is 1. The minimum absolute atomic E-state index is 0.107. The zero-order chi connectivity index (χ0) is 21.0. The third-order valence-electron chi connectivity index (χ3n) is 6.06. The molecule has 28 heavy (non-hydrogen) atoms. The number of nitrogens with zero attached hydrogens (tertiary/aromatic N) is 3. The van der Waals surface area contributed by atoms with Gasteiger partial charge in [0, 0.05) is 13.2 Å². The molecule has 0 saturated heterocycles. The summed E-state index contributed by atoms with van der Waals surface area (Å²) < 4.78 is 27.9. The number of aromatic nitrogens is 2. The molecule has 0 saturated carbocycles. The van der Waals surface area contributed by atoms with Gasteiger partial charge in [-0.15, -0.1) is 0 Å². The number of carbonyl (C=O) groups is 1. The van der Waals surface area contributed by atoms with Crippen LogP contribution >= 0.6 is 0 Å². The van der Waals surface area contributed by atoms with Gasteiger partial charge in [-0.3, -0.25) is 14.3 Å². The molecule has 1 aromatic rings. The highest BCUT2D eigenvalue weighted by molar-refractivity contribution is 5.94. The monoisotopic (exact) mass is 397 g/mol. The van der Waals surface area contributed by atoms with E-state index in [9.17, 15) is 13.6 Å². The highest BCUT2D eigenvalue weighted by Gasteiger charge is 2.36. The molecule has 7 heteroatoms.